The zero-order valence-corrected chi connectivity index (χ0v) is 17.3. The van der Waals surface area contributed by atoms with E-state index in [1.54, 1.807) is 12.1 Å². The second-order valence-electron chi connectivity index (χ2n) is 7.26. The van der Waals surface area contributed by atoms with E-state index < -0.39 is 11.8 Å². The maximum atomic E-state index is 14.3. The number of rotatable bonds is 5. The molecule has 1 aliphatic heterocycles. The molecule has 0 bridgehead atoms. The van der Waals surface area contributed by atoms with Gasteiger partial charge in [-0.15, -0.1) is 0 Å². The molecule has 4 rings (SSSR count). The van der Waals surface area contributed by atoms with E-state index in [0.29, 0.717) is 28.0 Å². The molecule has 0 aliphatic carbocycles. The molecular weight excluding hydrogens is 413 g/mol. The number of aliphatic carboxylic acids is 1. The van der Waals surface area contributed by atoms with Crippen LogP contribution in [0.5, 0.6) is 0 Å². The van der Waals surface area contributed by atoms with E-state index in [2.05, 4.69) is 0 Å². The minimum Gasteiger partial charge on any atom is -0.481 e. The fraction of sp³-hybridized carbons (Fsp3) is 0.273. The molecule has 1 N–H and O–H groups in total. The minimum absolute atomic E-state index is 0.00237. The minimum atomic E-state index is -0.867. The Hall–Kier alpha value is -2.31. The fourth-order valence-corrected chi connectivity index (χ4v) is 5.45. The summed E-state index contributed by atoms with van der Waals surface area (Å²) in [6.45, 7) is 2.10. The van der Waals surface area contributed by atoms with Crippen molar-refractivity contribution in [2.45, 2.75) is 48.4 Å². The van der Waals surface area contributed by atoms with Gasteiger partial charge in [0.15, 0.2) is 5.78 Å². The average molecular weight is 432 g/mol. The molecule has 0 spiro atoms. The summed E-state index contributed by atoms with van der Waals surface area (Å²) in [4.78, 5) is 25.6. The standard InChI is InChI=1S/C22H19ClFNO3S/c1-12(26)17-10-15(24)11-18-20(17)22(29-16-6-4-14(23)5-7-16)21-13(9-19(27)28)3-2-8-25(18)21/h4-7,10-11,13H,2-3,8-9H2,1H3,(H,27,28)/t13-/m1/s1. The van der Waals surface area contributed by atoms with Crippen molar-refractivity contribution in [3.63, 3.8) is 0 Å². The van der Waals surface area contributed by atoms with E-state index in [1.807, 2.05) is 16.7 Å². The highest BCUT2D eigenvalue weighted by molar-refractivity contribution is 7.99. The van der Waals surface area contributed by atoms with E-state index >= 15 is 0 Å². The predicted octanol–water partition coefficient (Wildman–Crippen LogP) is 6.14. The molecule has 2 aromatic carbocycles. The number of Topliss-reactive ketones (excluding diaryl/α,β-unsaturated/α-hetero) is 1. The van der Waals surface area contributed by atoms with E-state index in [1.165, 1.54) is 30.8 Å². The monoisotopic (exact) mass is 431 g/mol. The molecule has 3 aromatic rings. The van der Waals surface area contributed by atoms with E-state index in [9.17, 15) is 19.1 Å². The number of hydrogen-bond acceptors (Lipinski definition) is 3. The van der Waals surface area contributed by atoms with Crippen LogP contribution in [0.2, 0.25) is 5.02 Å². The van der Waals surface area contributed by atoms with Crippen molar-refractivity contribution in [2.24, 2.45) is 0 Å². The van der Waals surface area contributed by atoms with Gasteiger partial charge in [-0.2, -0.15) is 0 Å². The smallest absolute Gasteiger partial charge is 0.304 e. The molecule has 0 saturated heterocycles. The van der Waals surface area contributed by atoms with Crippen LogP contribution < -0.4 is 0 Å². The van der Waals surface area contributed by atoms with Crippen LogP contribution in [0.1, 0.15) is 48.2 Å². The molecule has 7 heteroatoms. The maximum Gasteiger partial charge on any atom is 0.304 e. The highest BCUT2D eigenvalue weighted by Crippen LogP contribution is 2.47. The first-order valence-electron chi connectivity index (χ1n) is 9.37. The first-order valence-corrected chi connectivity index (χ1v) is 10.6. The Kier molecular flexibility index (Phi) is 5.40. The van der Waals surface area contributed by atoms with Crippen LogP contribution in [-0.4, -0.2) is 21.4 Å². The van der Waals surface area contributed by atoms with Gasteiger partial charge in [-0.1, -0.05) is 23.4 Å². The number of nitrogens with zero attached hydrogens (tertiary/aromatic N) is 1. The Morgan fingerprint density at radius 1 is 1.28 bits per heavy atom. The fourth-order valence-electron chi connectivity index (χ4n) is 4.11. The van der Waals surface area contributed by atoms with Gasteiger partial charge in [0.05, 0.1) is 11.9 Å². The number of aromatic nitrogens is 1. The van der Waals surface area contributed by atoms with E-state index in [0.717, 1.165) is 28.3 Å². The molecule has 4 nitrogen and oxygen atoms in total. The van der Waals surface area contributed by atoms with Gasteiger partial charge in [0.2, 0.25) is 0 Å². The van der Waals surface area contributed by atoms with Crippen molar-refractivity contribution in [1.82, 2.24) is 4.57 Å². The number of ketones is 1. The third-order valence-electron chi connectivity index (χ3n) is 5.28. The number of carboxylic acid groups (broad SMARTS) is 1. The number of aryl methyl sites for hydroxylation is 1. The van der Waals surface area contributed by atoms with Crippen LogP contribution in [0.3, 0.4) is 0 Å². The summed E-state index contributed by atoms with van der Waals surface area (Å²) in [5.41, 5.74) is 1.85. The Labute approximate surface area is 176 Å². The van der Waals surface area contributed by atoms with Crippen LogP contribution in [0.4, 0.5) is 4.39 Å². The summed E-state index contributed by atoms with van der Waals surface area (Å²) in [5, 5.41) is 10.7. The van der Waals surface area contributed by atoms with Gasteiger partial charge in [0, 0.05) is 43.9 Å². The molecule has 2 heterocycles. The molecule has 150 valence electrons. The van der Waals surface area contributed by atoms with Gasteiger partial charge in [0.1, 0.15) is 5.82 Å². The average Bonchev–Trinajstić information content (AvgIpc) is 2.97. The molecule has 0 unspecified atom stereocenters. The lowest BCUT2D eigenvalue weighted by Gasteiger charge is -2.25. The van der Waals surface area contributed by atoms with Gasteiger partial charge in [0.25, 0.3) is 0 Å². The summed E-state index contributed by atoms with van der Waals surface area (Å²) in [7, 11) is 0. The number of carboxylic acids is 1. The predicted molar refractivity (Wildman–Crippen MR) is 112 cm³/mol. The summed E-state index contributed by atoms with van der Waals surface area (Å²) < 4.78 is 16.3. The van der Waals surface area contributed by atoms with Crippen molar-refractivity contribution in [2.75, 3.05) is 0 Å². The number of halogens is 2. The van der Waals surface area contributed by atoms with Gasteiger partial charge < -0.3 is 9.67 Å². The van der Waals surface area contributed by atoms with Gasteiger partial charge in [-0.3, -0.25) is 9.59 Å². The molecule has 0 amide bonds. The number of hydrogen-bond donors (Lipinski definition) is 1. The lowest BCUT2D eigenvalue weighted by molar-refractivity contribution is -0.137. The molecule has 1 aliphatic rings. The highest BCUT2D eigenvalue weighted by Gasteiger charge is 2.31. The number of carbonyl (C=O) groups is 2. The Balaban J connectivity index is 2.00. The molecule has 0 saturated carbocycles. The van der Waals surface area contributed by atoms with Crippen LogP contribution >= 0.6 is 23.4 Å². The zero-order chi connectivity index (χ0) is 20.7. The number of benzene rings is 2. The lowest BCUT2D eigenvalue weighted by atomic mass is 9.92. The Bertz CT molecular complexity index is 1120. The lowest BCUT2D eigenvalue weighted by Crippen LogP contribution is -2.18. The molecular formula is C22H19ClFNO3S. The third kappa shape index (κ3) is 3.79. The van der Waals surface area contributed by atoms with Crippen LogP contribution in [-0.2, 0) is 11.3 Å². The SMILES string of the molecule is CC(=O)c1cc(F)cc2c1c(Sc1ccc(Cl)cc1)c1n2CCC[C@@H]1CC(=O)O. The number of carbonyl (C=O) groups excluding carboxylic acids is 1. The zero-order valence-electron chi connectivity index (χ0n) is 15.7. The van der Waals surface area contributed by atoms with Crippen molar-refractivity contribution in [1.29, 1.82) is 0 Å². The summed E-state index contributed by atoms with van der Waals surface area (Å²) in [6, 6.07) is 10.1. The largest absolute Gasteiger partial charge is 0.481 e. The summed E-state index contributed by atoms with van der Waals surface area (Å²) >= 11 is 7.47. The molecule has 0 fully saturated rings. The Morgan fingerprint density at radius 3 is 2.66 bits per heavy atom. The molecule has 1 aromatic heterocycles. The van der Waals surface area contributed by atoms with Gasteiger partial charge in [-0.25, -0.2) is 4.39 Å². The third-order valence-corrected chi connectivity index (χ3v) is 6.66. The number of fused-ring (bicyclic) bond motifs is 3. The maximum absolute atomic E-state index is 14.3. The quantitative estimate of drug-likeness (QED) is 0.493. The van der Waals surface area contributed by atoms with Crippen LogP contribution in [0.15, 0.2) is 46.2 Å². The van der Waals surface area contributed by atoms with Crippen LogP contribution in [0.25, 0.3) is 10.9 Å². The van der Waals surface area contributed by atoms with Crippen molar-refractivity contribution >= 4 is 46.0 Å². The van der Waals surface area contributed by atoms with Gasteiger partial charge >= 0.3 is 5.97 Å². The summed E-state index contributed by atoms with van der Waals surface area (Å²) in [6.07, 6.45) is 1.56. The molecule has 1 atom stereocenters. The van der Waals surface area contributed by atoms with Crippen molar-refractivity contribution in [3.8, 4) is 0 Å². The first kappa shape index (κ1) is 20.0. The Morgan fingerprint density at radius 2 is 2.00 bits per heavy atom. The topological polar surface area (TPSA) is 59.3 Å². The second kappa shape index (κ2) is 7.84. The highest BCUT2D eigenvalue weighted by atomic mass is 35.5. The first-order chi connectivity index (χ1) is 13.8. The summed E-state index contributed by atoms with van der Waals surface area (Å²) in [5.74, 6) is -1.74. The van der Waals surface area contributed by atoms with Crippen molar-refractivity contribution in [3.05, 3.63) is 58.5 Å². The van der Waals surface area contributed by atoms with Crippen LogP contribution in [0, 0.1) is 5.82 Å². The molecule has 29 heavy (non-hydrogen) atoms. The normalized spacial score (nSPS) is 16.0. The second-order valence-corrected chi connectivity index (χ2v) is 8.78. The van der Waals surface area contributed by atoms with Crippen molar-refractivity contribution < 1.29 is 19.1 Å². The molecule has 0 radical (unpaired) electrons. The van der Waals surface area contributed by atoms with E-state index in [4.69, 9.17) is 11.6 Å². The van der Waals surface area contributed by atoms with Gasteiger partial charge in [-0.05, 0) is 56.2 Å². The van der Waals surface area contributed by atoms with E-state index in [-0.39, 0.29) is 18.1 Å².